The average Bonchev–Trinajstić information content (AvgIpc) is 2.74. The van der Waals surface area contributed by atoms with E-state index in [4.69, 9.17) is 21.1 Å². The second kappa shape index (κ2) is 9.58. The predicted octanol–water partition coefficient (Wildman–Crippen LogP) is 4.69. The Morgan fingerprint density at radius 3 is 2.57 bits per heavy atom. The van der Waals surface area contributed by atoms with Gasteiger partial charge in [0.05, 0.1) is 13.3 Å². The maximum Gasteiger partial charge on any atom is 0.271 e. The fourth-order valence-electron chi connectivity index (χ4n) is 2.42. The van der Waals surface area contributed by atoms with Gasteiger partial charge in [-0.15, -0.1) is 0 Å². The fraction of sp³-hybridized carbons (Fsp3) is 0.0909. The summed E-state index contributed by atoms with van der Waals surface area (Å²) in [5, 5.41) is 4.66. The largest absolute Gasteiger partial charge is 0.497 e. The molecule has 3 aromatic rings. The van der Waals surface area contributed by atoms with Crippen LogP contribution in [0.15, 0.2) is 77.9 Å². The molecule has 0 saturated carbocycles. The van der Waals surface area contributed by atoms with E-state index in [1.807, 2.05) is 48.5 Å². The number of hydrazone groups is 1. The molecule has 0 unspecified atom stereocenters. The van der Waals surface area contributed by atoms with Crippen LogP contribution in [0, 0.1) is 0 Å². The summed E-state index contributed by atoms with van der Waals surface area (Å²) in [5.74, 6) is 1.02. The van der Waals surface area contributed by atoms with Gasteiger partial charge in [0.1, 0.15) is 18.1 Å². The van der Waals surface area contributed by atoms with E-state index in [0.717, 1.165) is 16.9 Å². The van der Waals surface area contributed by atoms with E-state index in [2.05, 4.69) is 10.5 Å². The van der Waals surface area contributed by atoms with Gasteiger partial charge in [-0.3, -0.25) is 4.79 Å². The van der Waals surface area contributed by atoms with Gasteiger partial charge >= 0.3 is 0 Å². The molecule has 0 heterocycles. The number of halogens is 1. The van der Waals surface area contributed by atoms with Crippen LogP contribution in [0.4, 0.5) is 0 Å². The number of methoxy groups -OCH3 is 1. The monoisotopic (exact) mass is 394 g/mol. The first-order valence-electron chi connectivity index (χ1n) is 8.59. The van der Waals surface area contributed by atoms with E-state index in [-0.39, 0.29) is 5.91 Å². The third kappa shape index (κ3) is 5.34. The molecule has 0 aliphatic rings. The molecule has 0 radical (unpaired) electrons. The molecule has 28 heavy (non-hydrogen) atoms. The number of amides is 1. The molecule has 0 fully saturated rings. The fourth-order valence-corrected chi connectivity index (χ4v) is 2.61. The van der Waals surface area contributed by atoms with Crippen molar-refractivity contribution in [2.75, 3.05) is 7.11 Å². The van der Waals surface area contributed by atoms with Crippen molar-refractivity contribution in [1.82, 2.24) is 5.43 Å². The molecule has 0 aliphatic carbocycles. The van der Waals surface area contributed by atoms with Crippen molar-refractivity contribution in [3.63, 3.8) is 0 Å². The SMILES string of the molecule is COc1cccc(C(=O)N/N=C/c2ccc(OCc3ccccc3Cl)cc2)c1. The first-order chi connectivity index (χ1) is 13.7. The second-order valence-electron chi connectivity index (χ2n) is 5.88. The van der Waals surface area contributed by atoms with E-state index >= 15 is 0 Å². The van der Waals surface area contributed by atoms with E-state index < -0.39 is 0 Å². The van der Waals surface area contributed by atoms with Crippen LogP contribution in [0.3, 0.4) is 0 Å². The summed E-state index contributed by atoms with van der Waals surface area (Å²) in [5.41, 5.74) is 4.72. The van der Waals surface area contributed by atoms with Crippen molar-refractivity contribution in [1.29, 1.82) is 0 Å². The molecule has 0 bridgehead atoms. The van der Waals surface area contributed by atoms with Crippen LogP contribution < -0.4 is 14.9 Å². The summed E-state index contributed by atoms with van der Waals surface area (Å²) in [6, 6.07) is 21.8. The highest BCUT2D eigenvalue weighted by Crippen LogP contribution is 2.18. The van der Waals surface area contributed by atoms with Gasteiger partial charge in [-0.05, 0) is 54.1 Å². The Labute approximate surface area is 168 Å². The van der Waals surface area contributed by atoms with Gasteiger partial charge in [-0.1, -0.05) is 35.9 Å². The molecule has 6 heteroatoms. The number of carbonyl (C=O) groups is 1. The summed E-state index contributed by atoms with van der Waals surface area (Å²) in [6.45, 7) is 0.393. The minimum absolute atomic E-state index is 0.310. The molecule has 0 saturated heterocycles. The Kier molecular flexibility index (Phi) is 6.65. The highest BCUT2D eigenvalue weighted by Gasteiger charge is 2.05. The van der Waals surface area contributed by atoms with Crippen LogP contribution >= 0.6 is 11.6 Å². The number of carbonyl (C=O) groups excluding carboxylic acids is 1. The molecule has 0 atom stereocenters. The number of hydrogen-bond acceptors (Lipinski definition) is 4. The Morgan fingerprint density at radius 1 is 1.04 bits per heavy atom. The van der Waals surface area contributed by atoms with Crippen molar-refractivity contribution in [2.24, 2.45) is 5.10 Å². The zero-order chi connectivity index (χ0) is 19.8. The number of nitrogens with zero attached hydrogens (tertiary/aromatic N) is 1. The van der Waals surface area contributed by atoms with Gasteiger partial charge in [0.15, 0.2) is 0 Å². The predicted molar refractivity (Wildman–Crippen MR) is 110 cm³/mol. The molecule has 142 valence electrons. The topological polar surface area (TPSA) is 59.9 Å². The molecule has 3 aromatic carbocycles. The molecule has 3 rings (SSSR count). The summed E-state index contributed by atoms with van der Waals surface area (Å²) < 4.78 is 10.8. The smallest absolute Gasteiger partial charge is 0.271 e. The molecule has 1 N–H and O–H groups in total. The third-order valence-electron chi connectivity index (χ3n) is 3.94. The van der Waals surface area contributed by atoms with Gasteiger partial charge < -0.3 is 9.47 Å². The quantitative estimate of drug-likeness (QED) is 0.467. The molecular weight excluding hydrogens is 376 g/mol. The molecule has 0 spiro atoms. The van der Waals surface area contributed by atoms with Crippen molar-refractivity contribution < 1.29 is 14.3 Å². The molecule has 5 nitrogen and oxygen atoms in total. The lowest BCUT2D eigenvalue weighted by atomic mass is 10.2. The number of ether oxygens (including phenoxy) is 2. The van der Waals surface area contributed by atoms with Crippen LogP contribution in [0.2, 0.25) is 5.02 Å². The van der Waals surface area contributed by atoms with Gasteiger partial charge in [-0.2, -0.15) is 5.10 Å². The second-order valence-corrected chi connectivity index (χ2v) is 6.29. The van der Waals surface area contributed by atoms with Crippen LogP contribution in [0.5, 0.6) is 11.5 Å². The van der Waals surface area contributed by atoms with Crippen LogP contribution in [0.25, 0.3) is 0 Å². The standard InChI is InChI=1S/C22H19ClN2O3/c1-27-20-7-4-6-17(13-20)22(26)25-24-14-16-9-11-19(12-10-16)28-15-18-5-2-3-8-21(18)23/h2-14H,15H2,1H3,(H,25,26)/b24-14+. The Morgan fingerprint density at radius 2 is 1.82 bits per heavy atom. The summed E-state index contributed by atoms with van der Waals surface area (Å²) >= 11 is 6.12. The highest BCUT2D eigenvalue weighted by atomic mass is 35.5. The van der Waals surface area contributed by atoms with Crippen LogP contribution in [-0.4, -0.2) is 19.2 Å². The van der Waals surface area contributed by atoms with Crippen molar-refractivity contribution in [3.8, 4) is 11.5 Å². The summed E-state index contributed by atoms with van der Waals surface area (Å²) in [7, 11) is 1.55. The van der Waals surface area contributed by atoms with Crippen LogP contribution in [0.1, 0.15) is 21.5 Å². The number of hydrogen-bond donors (Lipinski definition) is 1. The van der Waals surface area contributed by atoms with Crippen molar-refractivity contribution in [2.45, 2.75) is 6.61 Å². The van der Waals surface area contributed by atoms with Crippen LogP contribution in [-0.2, 0) is 6.61 Å². The first kappa shape index (κ1) is 19.5. The zero-order valence-electron chi connectivity index (χ0n) is 15.3. The number of benzene rings is 3. The van der Waals surface area contributed by atoms with E-state index in [1.54, 1.807) is 37.6 Å². The number of nitrogens with one attached hydrogen (secondary N) is 1. The minimum atomic E-state index is -0.310. The van der Waals surface area contributed by atoms with Crippen molar-refractivity contribution >= 4 is 23.7 Å². The van der Waals surface area contributed by atoms with E-state index in [1.165, 1.54) is 0 Å². The molecular formula is C22H19ClN2O3. The first-order valence-corrected chi connectivity index (χ1v) is 8.97. The normalized spacial score (nSPS) is 10.6. The van der Waals surface area contributed by atoms with Gasteiger partial charge in [0.2, 0.25) is 0 Å². The zero-order valence-corrected chi connectivity index (χ0v) is 16.0. The lowest BCUT2D eigenvalue weighted by Gasteiger charge is -2.07. The molecule has 0 aliphatic heterocycles. The van der Waals surface area contributed by atoms with E-state index in [9.17, 15) is 4.79 Å². The Hall–Kier alpha value is -3.31. The maximum absolute atomic E-state index is 12.1. The summed E-state index contributed by atoms with van der Waals surface area (Å²) in [6.07, 6.45) is 1.57. The van der Waals surface area contributed by atoms with Crippen molar-refractivity contribution in [3.05, 3.63) is 94.5 Å². The average molecular weight is 395 g/mol. The third-order valence-corrected chi connectivity index (χ3v) is 4.31. The highest BCUT2D eigenvalue weighted by molar-refractivity contribution is 6.31. The lowest BCUT2D eigenvalue weighted by molar-refractivity contribution is 0.0955. The molecule has 1 amide bonds. The van der Waals surface area contributed by atoms with Gasteiger partial charge in [0.25, 0.3) is 5.91 Å². The number of rotatable bonds is 7. The Bertz CT molecular complexity index is 972. The van der Waals surface area contributed by atoms with Gasteiger partial charge in [0, 0.05) is 16.1 Å². The summed E-state index contributed by atoms with van der Waals surface area (Å²) in [4.78, 5) is 12.1. The van der Waals surface area contributed by atoms with Gasteiger partial charge in [-0.25, -0.2) is 5.43 Å². The maximum atomic E-state index is 12.1. The molecule has 0 aromatic heterocycles. The lowest BCUT2D eigenvalue weighted by Crippen LogP contribution is -2.17. The van der Waals surface area contributed by atoms with E-state index in [0.29, 0.717) is 22.9 Å². The minimum Gasteiger partial charge on any atom is -0.497 e. The Balaban J connectivity index is 1.53.